The van der Waals surface area contributed by atoms with E-state index in [0.717, 1.165) is 22.4 Å². The van der Waals surface area contributed by atoms with E-state index in [0.29, 0.717) is 12.3 Å². The number of hydrogen-bond donors (Lipinski definition) is 1. The van der Waals surface area contributed by atoms with Crippen molar-refractivity contribution in [2.45, 2.75) is 33.1 Å². The zero-order valence-corrected chi connectivity index (χ0v) is 16.5. The van der Waals surface area contributed by atoms with Crippen molar-refractivity contribution in [1.82, 2.24) is 4.98 Å². The lowest BCUT2D eigenvalue weighted by Gasteiger charge is -2.12. The normalized spacial score (nSPS) is 10.9. The summed E-state index contributed by atoms with van der Waals surface area (Å²) in [6.07, 6.45) is 0.570. The van der Waals surface area contributed by atoms with Gasteiger partial charge >= 0.3 is 5.97 Å². The van der Waals surface area contributed by atoms with Crippen LogP contribution in [-0.2, 0) is 11.2 Å². The molecule has 0 spiro atoms. The molecule has 0 bridgehead atoms. The highest BCUT2D eigenvalue weighted by Crippen LogP contribution is 2.27. The number of benzene rings is 2. The first-order valence-corrected chi connectivity index (χ1v) is 9.57. The molecule has 3 aromatic rings. The van der Waals surface area contributed by atoms with Gasteiger partial charge in [-0.3, -0.25) is 4.79 Å². The Bertz CT molecular complexity index is 1020. The van der Waals surface area contributed by atoms with Crippen molar-refractivity contribution in [2.24, 2.45) is 0 Å². The minimum Gasteiger partial charge on any atom is -0.462 e. The smallest absolute Gasteiger partial charge is 0.343 e. The molecule has 28 heavy (non-hydrogen) atoms. The maximum Gasteiger partial charge on any atom is 0.343 e. The molecule has 4 heteroatoms. The number of hydrogen-bond acceptors (Lipinski definition) is 3. The molecule has 0 saturated heterocycles. The third kappa shape index (κ3) is 4.39. The maximum absolute atomic E-state index is 12.2. The molecule has 0 radical (unpaired) electrons. The standard InChI is InChI=1S/C24H25NO3/c1-4-28-24(27)22-14-13-20(25-23(22)26)15-19-7-5-6-8-21(19)18-11-9-17(10-12-18)16(2)3/h5-14,16H,4,15H2,1-3H3,(H,25,26). The molecular weight excluding hydrogens is 350 g/mol. The predicted octanol–water partition coefficient (Wildman–Crippen LogP) is 4.93. The lowest BCUT2D eigenvalue weighted by atomic mass is 9.94. The Morgan fingerprint density at radius 1 is 1.00 bits per heavy atom. The molecule has 0 aliphatic carbocycles. The van der Waals surface area contributed by atoms with Crippen molar-refractivity contribution in [1.29, 1.82) is 0 Å². The molecule has 0 atom stereocenters. The van der Waals surface area contributed by atoms with Crippen LogP contribution in [0.25, 0.3) is 11.1 Å². The van der Waals surface area contributed by atoms with Crippen LogP contribution >= 0.6 is 0 Å². The summed E-state index contributed by atoms with van der Waals surface area (Å²) >= 11 is 0. The van der Waals surface area contributed by atoms with Crippen LogP contribution in [0.4, 0.5) is 0 Å². The lowest BCUT2D eigenvalue weighted by molar-refractivity contribution is 0.0524. The second kappa shape index (κ2) is 8.70. The summed E-state index contributed by atoms with van der Waals surface area (Å²) in [4.78, 5) is 26.9. The van der Waals surface area contributed by atoms with Crippen molar-refractivity contribution in [2.75, 3.05) is 6.61 Å². The molecule has 3 rings (SSSR count). The largest absolute Gasteiger partial charge is 0.462 e. The number of pyridine rings is 1. The Kier molecular flexibility index (Phi) is 6.09. The minimum atomic E-state index is -0.596. The second-order valence-corrected chi connectivity index (χ2v) is 7.06. The van der Waals surface area contributed by atoms with Gasteiger partial charge in [0.25, 0.3) is 5.56 Å². The number of H-pyrrole nitrogens is 1. The Labute approximate surface area is 165 Å². The molecule has 2 aromatic carbocycles. The van der Waals surface area contributed by atoms with Crippen LogP contribution in [-0.4, -0.2) is 17.6 Å². The summed E-state index contributed by atoms with van der Waals surface area (Å²) in [7, 11) is 0. The minimum absolute atomic E-state index is 0.0307. The van der Waals surface area contributed by atoms with Gasteiger partial charge in [-0.15, -0.1) is 0 Å². The third-order valence-corrected chi connectivity index (χ3v) is 4.75. The zero-order chi connectivity index (χ0) is 20.1. The molecule has 0 aliphatic rings. The van der Waals surface area contributed by atoms with Gasteiger partial charge in [0.15, 0.2) is 0 Å². The molecule has 4 nitrogen and oxygen atoms in total. The quantitative estimate of drug-likeness (QED) is 0.621. The van der Waals surface area contributed by atoms with Crippen molar-refractivity contribution in [3.05, 3.63) is 93.4 Å². The number of aromatic amines is 1. The Hall–Kier alpha value is -3.14. The Morgan fingerprint density at radius 2 is 1.71 bits per heavy atom. The second-order valence-electron chi connectivity index (χ2n) is 7.06. The molecular formula is C24H25NO3. The summed E-state index contributed by atoms with van der Waals surface area (Å²) in [5.74, 6) is -0.103. The number of nitrogens with one attached hydrogen (secondary N) is 1. The zero-order valence-electron chi connectivity index (χ0n) is 16.5. The van der Waals surface area contributed by atoms with Crippen LogP contribution in [0.3, 0.4) is 0 Å². The van der Waals surface area contributed by atoms with E-state index in [1.807, 2.05) is 12.1 Å². The van der Waals surface area contributed by atoms with Crippen LogP contribution in [0.2, 0.25) is 0 Å². The van der Waals surface area contributed by atoms with Gasteiger partial charge in [0, 0.05) is 12.1 Å². The van der Waals surface area contributed by atoms with Gasteiger partial charge in [0.05, 0.1) is 6.61 Å². The van der Waals surface area contributed by atoms with E-state index in [9.17, 15) is 9.59 Å². The highest BCUT2D eigenvalue weighted by molar-refractivity contribution is 5.88. The molecule has 0 amide bonds. The lowest BCUT2D eigenvalue weighted by Crippen LogP contribution is -2.20. The Morgan fingerprint density at radius 3 is 2.36 bits per heavy atom. The fraction of sp³-hybridized carbons (Fsp3) is 0.250. The number of rotatable bonds is 6. The van der Waals surface area contributed by atoms with Gasteiger partial charge in [-0.25, -0.2) is 4.79 Å². The van der Waals surface area contributed by atoms with E-state index < -0.39 is 11.5 Å². The first-order valence-electron chi connectivity index (χ1n) is 9.57. The Balaban J connectivity index is 1.89. The number of carbonyl (C=O) groups is 1. The number of carbonyl (C=O) groups excluding carboxylic acids is 1. The number of esters is 1. The summed E-state index contributed by atoms with van der Waals surface area (Å²) in [6.45, 7) is 6.31. The van der Waals surface area contributed by atoms with Crippen molar-refractivity contribution in [3.8, 4) is 11.1 Å². The molecule has 0 unspecified atom stereocenters. The van der Waals surface area contributed by atoms with Gasteiger partial charge in [0.2, 0.25) is 0 Å². The van der Waals surface area contributed by atoms with Crippen LogP contribution in [0.1, 0.15) is 53.9 Å². The fourth-order valence-electron chi connectivity index (χ4n) is 3.20. The van der Waals surface area contributed by atoms with Crippen LogP contribution in [0.5, 0.6) is 0 Å². The monoisotopic (exact) mass is 375 g/mol. The summed E-state index contributed by atoms with van der Waals surface area (Å²) in [5.41, 5.74) is 5.06. The van der Waals surface area contributed by atoms with Crippen LogP contribution in [0.15, 0.2) is 65.5 Å². The molecule has 1 N–H and O–H groups in total. The van der Waals surface area contributed by atoms with Crippen molar-refractivity contribution < 1.29 is 9.53 Å². The van der Waals surface area contributed by atoms with Gasteiger partial charge < -0.3 is 9.72 Å². The van der Waals surface area contributed by atoms with Crippen molar-refractivity contribution >= 4 is 5.97 Å². The van der Waals surface area contributed by atoms with Gasteiger partial charge in [-0.1, -0.05) is 62.4 Å². The van der Waals surface area contributed by atoms with E-state index in [1.54, 1.807) is 13.0 Å². The summed E-state index contributed by atoms with van der Waals surface area (Å²) in [5, 5.41) is 0. The average Bonchev–Trinajstić information content (AvgIpc) is 2.69. The summed E-state index contributed by atoms with van der Waals surface area (Å²) < 4.78 is 4.91. The molecule has 0 fully saturated rings. The highest BCUT2D eigenvalue weighted by Gasteiger charge is 2.13. The summed E-state index contributed by atoms with van der Waals surface area (Å²) in [6, 6.07) is 20.1. The predicted molar refractivity (Wildman–Crippen MR) is 112 cm³/mol. The number of ether oxygens (including phenoxy) is 1. The molecule has 144 valence electrons. The molecule has 1 heterocycles. The van der Waals surface area contributed by atoms with Crippen molar-refractivity contribution in [3.63, 3.8) is 0 Å². The van der Waals surface area contributed by atoms with E-state index in [1.165, 1.54) is 11.6 Å². The van der Waals surface area contributed by atoms with Gasteiger partial charge in [-0.2, -0.15) is 0 Å². The highest BCUT2D eigenvalue weighted by atomic mass is 16.5. The van der Waals surface area contributed by atoms with E-state index in [4.69, 9.17) is 4.74 Å². The van der Waals surface area contributed by atoms with Crippen LogP contribution < -0.4 is 5.56 Å². The van der Waals surface area contributed by atoms with E-state index >= 15 is 0 Å². The topological polar surface area (TPSA) is 59.2 Å². The number of aromatic nitrogens is 1. The SMILES string of the molecule is CCOC(=O)c1ccc(Cc2ccccc2-c2ccc(C(C)C)cc2)[nH]c1=O. The van der Waals surface area contributed by atoms with E-state index in [-0.39, 0.29) is 12.2 Å². The molecule has 1 aromatic heterocycles. The molecule has 0 saturated carbocycles. The average molecular weight is 375 g/mol. The first-order chi connectivity index (χ1) is 13.5. The van der Waals surface area contributed by atoms with Gasteiger partial charge in [0.1, 0.15) is 5.56 Å². The third-order valence-electron chi connectivity index (χ3n) is 4.75. The fourth-order valence-corrected chi connectivity index (χ4v) is 3.20. The van der Waals surface area contributed by atoms with Gasteiger partial charge in [-0.05, 0) is 47.2 Å². The first kappa shape index (κ1) is 19.6. The van der Waals surface area contributed by atoms with Crippen LogP contribution in [0, 0.1) is 0 Å². The van der Waals surface area contributed by atoms with E-state index in [2.05, 4.69) is 55.2 Å². The molecule has 0 aliphatic heterocycles. The maximum atomic E-state index is 12.2.